The van der Waals surface area contributed by atoms with Crippen molar-refractivity contribution in [1.29, 1.82) is 0 Å². The number of fused-ring (bicyclic) bond motifs is 2. The molecule has 0 aliphatic carbocycles. The maximum Gasteiger partial charge on any atom is 0.0244 e. The van der Waals surface area contributed by atoms with Gasteiger partial charge in [-0.3, -0.25) is 4.90 Å². The lowest BCUT2D eigenvalue weighted by Crippen LogP contribution is -2.46. The Labute approximate surface area is 130 Å². The minimum Gasteiger partial charge on any atom is -0.311 e. The van der Waals surface area contributed by atoms with E-state index in [9.17, 15) is 0 Å². The number of halogens is 2. The molecule has 3 rings (SSSR count). The number of piperidine rings is 1. The van der Waals surface area contributed by atoms with E-state index in [1.54, 1.807) is 0 Å². The molecule has 2 unspecified atom stereocenters. The Hall–Kier alpha value is -0.0900. The zero-order valence-corrected chi connectivity index (χ0v) is 13.7. The van der Waals surface area contributed by atoms with Crippen molar-refractivity contribution in [1.82, 2.24) is 10.2 Å². The largest absolute Gasteiger partial charge is 0.311 e. The number of hydrogen-bond acceptors (Lipinski definition) is 2. The molecule has 1 N–H and O–H groups in total. The Balaban J connectivity index is 0.00000133. The molecule has 1 aromatic carbocycles. The smallest absolute Gasteiger partial charge is 0.0244 e. The van der Waals surface area contributed by atoms with Crippen LogP contribution in [0.15, 0.2) is 28.7 Å². The summed E-state index contributed by atoms with van der Waals surface area (Å²) in [5, 5.41) is 3.71. The number of hydrogen-bond donors (Lipinski definition) is 1. The highest BCUT2D eigenvalue weighted by molar-refractivity contribution is 9.10. The first-order valence-electron chi connectivity index (χ1n) is 6.92. The van der Waals surface area contributed by atoms with Crippen LogP contribution in [0.4, 0.5) is 0 Å². The topological polar surface area (TPSA) is 15.3 Å². The summed E-state index contributed by atoms with van der Waals surface area (Å²) >= 11 is 3.65. The Morgan fingerprint density at radius 3 is 2.47 bits per heavy atom. The fourth-order valence-corrected chi connectivity index (χ4v) is 3.82. The van der Waals surface area contributed by atoms with Crippen LogP contribution >= 0.6 is 28.3 Å². The molecular weight excluding hydrogens is 324 g/mol. The zero-order valence-electron chi connectivity index (χ0n) is 11.3. The second-order valence-electron chi connectivity index (χ2n) is 5.77. The van der Waals surface area contributed by atoms with Crippen LogP contribution in [-0.4, -0.2) is 30.1 Å². The van der Waals surface area contributed by atoms with Gasteiger partial charge in [-0.2, -0.15) is 0 Å². The van der Waals surface area contributed by atoms with Crippen molar-refractivity contribution >= 4 is 28.3 Å². The second-order valence-corrected chi connectivity index (χ2v) is 6.62. The van der Waals surface area contributed by atoms with E-state index in [4.69, 9.17) is 0 Å². The van der Waals surface area contributed by atoms with Crippen molar-refractivity contribution in [2.24, 2.45) is 0 Å². The summed E-state index contributed by atoms with van der Waals surface area (Å²) in [6, 6.07) is 10.9. The number of benzene rings is 1. The Bertz CT molecular complexity index is 414. The van der Waals surface area contributed by atoms with Crippen molar-refractivity contribution in [3.05, 3.63) is 34.3 Å². The molecule has 19 heavy (non-hydrogen) atoms. The molecule has 2 bridgehead atoms. The summed E-state index contributed by atoms with van der Waals surface area (Å²) < 4.78 is 1.23. The predicted octanol–water partition coefficient (Wildman–Crippen LogP) is 3.59. The fourth-order valence-electron chi connectivity index (χ4n) is 3.41. The molecule has 1 aromatic rings. The van der Waals surface area contributed by atoms with E-state index >= 15 is 0 Å². The van der Waals surface area contributed by atoms with Crippen LogP contribution in [0.2, 0.25) is 0 Å². The number of rotatable bonds is 3. The van der Waals surface area contributed by atoms with E-state index in [0.29, 0.717) is 0 Å². The van der Waals surface area contributed by atoms with Gasteiger partial charge in [0.25, 0.3) is 0 Å². The molecule has 2 saturated heterocycles. The fraction of sp³-hybridized carbons (Fsp3) is 0.600. The second kappa shape index (κ2) is 6.57. The molecule has 0 radical (unpaired) electrons. The maximum atomic E-state index is 3.71. The van der Waals surface area contributed by atoms with E-state index in [-0.39, 0.29) is 12.4 Å². The molecule has 2 aliphatic rings. The average Bonchev–Trinajstić information content (AvgIpc) is 2.71. The first-order chi connectivity index (χ1) is 8.72. The average molecular weight is 346 g/mol. The van der Waals surface area contributed by atoms with Crippen molar-refractivity contribution < 1.29 is 0 Å². The minimum absolute atomic E-state index is 0. The van der Waals surface area contributed by atoms with Crippen LogP contribution in [0.3, 0.4) is 0 Å². The summed E-state index contributed by atoms with van der Waals surface area (Å²) in [7, 11) is 2.27. The highest BCUT2D eigenvalue weighted by atomic mass is 79.9. The minimum atomic E-state index is 0. The van der Waals surface area contributed by atoms with Gasteiger partial charge in [-0.1, -0.05) is 34.1 Å². The molecule has 0 aromatic heterocycles. The highest BCUT2D eigenvalue weighted by Crippen LogP contribution is 2.30. The van der Waals surface area contributed by atoms with Gasteiger partial charge in [0.1, 0.15) is 0 Å². The first kappa shape index (κ1) is 15.3. The van der Waals surface area contributed by atoms with E-state index in [2.05, 4.69) is 57.5 Å². The van der Waals surface area contributed by atoms with Gasteiger partial charge >= 0.3 is 0 Å². The Kier molecular flexibility index (Phi) is 5.29. The summed E-state index contributed by atoms with van der Waals surface area (Å²) in [4.78, 5) is 2.53. The Morgan fingerprint density at radius 2 is 1.84 bits per heavy atom. The molecule has 106 valence electrons. The highest BCUT2D eigenvalue weighted by Gasteiger charge is 2.34. The van der Waals surface area contributed by atoms with Crippen LogP contribution in [0.1, 0.15) is 31.2 Å². The van der Waals surface area contributed by atoms with Gasteiger partial charge in [-0.25, -0.2) is 0 Å². The summed E-state index contributed by atoms with van der Waals surface area (Å²) in [6.45, 7) is 1.05. The molecule has 2 fully saturated rings. The third-order valence-electron chi connectivity index (χ3n) is 4.45. The summed E-state index contributed by atoms with van der Waals surface area (Å²) in [5.74, 6) is 0. The van der Waals surface area contributed by atoms with Gasteiger partial charge in [-0.05, 0) is 44.4 Å². The van der Waals surface area contributed by atoms with E-state index < -0.39 is 0 Å². The normalized spacial score (nSPS) is 29.3. The van der Waals surface area contributed by atoms with Gasteiger partial charge in [0.05, 0.1) is 0 Å². The molecule has 2 heterocycles. The van der Waals surface area contributed by atoms with Crippen LogP contribution in [0, 0.1) is 0 Å². The van der Waals surface area contributed by atoms with Gasteiger partial charge in [0.2, 0.25) is 0 Å². The molecule has 2 aliphatic heterocycles. The van der Waals surface area contributed by atoms with Gasteiger partial charge in [0, 0.05) is 29.1 Å². The Morgan fingerprint density at radius 1 is 1.21 bits per heavy atom. The molecule has 4 heteroatoms. The standard InChI is InChI=1S/C15H21BrN2.ClH/c1-18(10-11-4-2-3-5-15(11)16)14-8-12-6-7-13(9-14)17-12;/h2-5,12-14,17H,6-10H2,1H3;1H. The van der Waals surface area contributed by atoms with Crippen LogP contribution in [0.5, 0.6) is 0 Å². The molecule has 0 saturated carbocycles. The lowest BCUT2D eigenvalue weighted by Gasteiger charge is -2.35. The van der Waals surface area contributed by atoms with Crippen LogP contribution in [0.25, 0.3) is 0 Å². The van der Waals surface area contributed by atoms with Crippen molar-refractivity contribution in [2.45, 2.75) is 50.4 Å². The zero-order chi connectivity index (χ0) is 12.5. The first-order valence-corrected chi connectivity index (χ1v) is 7.71. The molecular formula is C15H22BrClN2. The predicted molar refractivity (Wildman–Crippen MR) is 85.8 cm³/mol. The maximum absolute atomic E-state index is 3.71. The number of nitrogens with zero attached hydrogens (tertiary/aromatic N) is 1. The molecule has 0 spiro atoms. The molecule has 0 amide bonds. The lowest BCUT2D eigenvalue weighted by atomic mass is 9.98. The molecule has 2 atom stereocenters. The molecule has 2 nitrogen and oxygen atoms in total. The van der Waals surface area contributed by atoms with Crippen LogP contribution < -0.4 is 5.32 Å². The lowest BCUT2D eigenvalue weighted by molar-refractivity contribution is 0.165. The van der Waals surface area contributed by atoms with Gasteiger partial charge in [-0.15, -0.1) is 12.4 Å². The van der Waals surface area contributed by atoms with Gasteiger partial charge < -0.3 is 5.32 Å². The summed E-state index contributed by atoms with van der Waals surface area (Å²) in [5.41, 5.74) is 1.39. The SMILES string of the molecule is CN(Cc1ccccc1Br)C1CC2CCC(C1)N2.Cl. The monoisotopic (exact) mass is 344 g/mol. The van der Waals surface area contributed by atoms with E-state index in [0.717, 1.165) is 24.7 Å². The van der Waals surface area contributed by atoms with Crippen LogP contribution in [-0.2, 0) is 6.54 Å². The van der Waals surface area contributed by atoms with Crippen molar-refractivity contribution in [2.75, 3.05) is 7.05 Å². The number of nitrogens with one attached hydrogen (secondary N) is 1. The van der Waals surface area contributed by atoms with E-state index in [1.807, 2.05) is 0 Å². The van der Waals surface area contributed by atoms with Gasteiger partial charge in [0.15, 0.2) is 0 Å². The van der Waals surface area contributed by atoms with Crippen molar-refractivity contribution in [3.8, 4) is 0 Å². The van der Waals surface area contributed by atoms with E-state index in [1.165, 1.54) is 35.7 Å². The quantitative estimate of drug-likeness (QED) is 0.900. The third kappa shape index (κ3) is 3.52. The van der Waals surface area contributed by atoms with Crippen molar-refractivity contribution in [3.63, 3.8) is 0 Å². The third-order valence-corrected chi connectivity index (χ3v) is 5.22. The summed E-state index contributed by atoms with van der Waals surface area (Å²) in [6.07, 6.45) is 5.39.